The molecule has 5 nitrogen and oxygen atoms in total. The first kappa shape index (κ1) is 20.2. The molecule has 0 fully saturated rings. The van der Waals surface area contributed by atoms with Crippen LogP contribution in [0.5, 0.6) is 0 Å². The average Bonchev–Trinajstić information content (AvgIpc) is 2.65. The fourth-order valence-corrected chi connectivity index (χ4v) is 3.89. The normalized spacial score (nSPS) is 11.1. The van der Waals surface area contributed by atoms with Crippen molar-refractivity contribution in [3.05, 3.63) is 87.9 Å². The lowest BCUT2D eigenvalue weighted by Crippen LogP contribution is -2.16. The number of carbonyl (C=O) groups excluding carboxylic acids is 1. The topological polar surface area (TPSA) is 75.3 Å². The number of anilines is 2. The summed E-state index contributed by atoms with van der Waals surface area (Å²) in [5.74, 6) is -0.497. The van der Waals surface area contributed by atoms with Crippen LogP contribution < -0.4 is 10.0 Å². The van der Waals surface area contributed by atoms with Gasteiger partial charge in [0.2, 0.25) is 0 Å². The molecular formula is C20H16Cl2N2O3S. The minimum Gasteiger partial charge on any atom is -0.322 e. The molecule has 2 N–H and O–H groups in total. The zero-order chi connectivity index (χ0) is 20.3. The van der Waals surface area contributed by atoms with Crippen molar-refractivity contribution in [2.24, 2.45) is 0 Å². The summed E-state index contributed by atoms with van der Waals surface area (Å²) in [6.45, 7) is 1.86. The van der Waals surface area contributed by atoms with E-state index in [1.807, 2.05) is 19.1 Å². The average molecular weight is 435 g/mol. The van der Waals surface area contributed by atoms with Gasteiger partial charge in [-0.1, -0.05) is 41.4 Å². The van der Waals surface area contributed by atoms with Crippen molar-refractivity contribution in [1.29, 1.82) is 0 Å². The molecule has 0 bridgehead atoms. The lowest BCUT2D eigenvalue weighted by atomic mass is 10.1. The Labute approximate surface area is 173 Å². The SMILES string of the molecule is Cc1ccccc1NC(=O)c1cc(S(=O)(=O)Nc2ccc(Cl)cc2)ccc1Cl. The molecule has 0 atom stereocenters. The van der Waals surface area contributed by atoms with Crippen LogP contribution in [0.25, 0.3) is 0 Å². The maximum Gasteiger partial charge on any atom is 0.261 e. The van der Waals surface area contributed by atoms with Gasteiger partial charge in [0, 0.05) is 16.4 Å². The van der Waals surface area contributed by atoms with Crippen LogP contribution in [0, 0.1) is 6.92 Å². The molecule has 0 aliphatic carbocycles. The van der Waals surface area contributed by atoms with Gasteiger partial charge < -0.3 is 5.32 Å². The molecule has 0 aromatic heterocycles. The second-order valence-corrected chi connectivity index (χ2v) is 8.55. The first-order valence-corrected chi connectivity index (χ1v) is 10.4. The van der Waals surface area contributed by atoms with Gasteiger partial charge in [0.1, 0.15) is 0 Å². The molecule has 3 rings (SSSR count). The Kier molecular flexibility index (Phi) is 5.93. The Balaban J connectivity index is 1.89. The molecule has 3 aromatic carbocycles. The number of carbonyl (C=O) groups is 1. The summed E-state index contributed by atoms with van der Waals surface area (Å²) >= 11 is 11.9. The van der Waals surface area contributed by atoms with E-state index in [0.29, 0.717) is 16.4 Å². The molecule has 0 aliphatic rings. The summed E-state index contributed by atoms with van der Waals surface area (Å²) in [5, 5.41) is 3.39. The van der Waals surface area contributed by atoms with Gasteiger partial charge >= 0.3 is 0 Å². The minimum atomic E-state index is -3.91. The molecule has 0 spiro atoms. The van der Waals surface area contributed by atoms with Crippen LogP contribution in [0.4, 0.5) is 11.4 Å². The highest BCUT2D eigenvalue weighted by molar-refractivity contribution is 7.92. The Morgan fingerprint density at radius 2 is 1.61 bits per heavy atom. The summed E-state index contributed by atoms with van der Waals surface area (Å²) in [7, 11) is -3.91. The summed E-state index contributed by atoms with van der Waals surface area (Å²) in [4.78, 5) is 12.6. The quantitative estimate of drug-likeness (QED) is 0.567. The van der Waals surface area contributed by atoms with E-state index in [1.54, 1.807) is 36.4 Å². The number of rotatable bonds is 5. The van der Waals surface area contributed by atoms with Gasteiger partial charge in [-0.05, 0) is 61.0 Å². The lowest BCUT2D eigenvalue weighted by molar-refractivity contribution is 0.102. The van der Waals surface area contributed by atoms with Gasteiger partial charge in [0.15, 0.2) is 0 Å². The fourth-order valence-electron chi connectivity index (χ4n) is 2.48. The molecule has 0 aliphatic heterocycles. The van der Waals surface area contributed by atoms with Gasteiger partial charge in [-0.2, -0.15) is 0 Å². The number of hydrogen-bond donors (Lipinski definition) is 2. The standard InChI is InChI=1S/C20H16Cl2N2O3S/c1-13-4-2-3-5-19(13)23-20(25)17-12-16(10-11-18(17)22)28(26,27)24-15-8-6-14(21)7-9-15/h2-12,24H,1H3,(H,23,25). The van der Waals surface area contributed by atoms with Crippen molar-refractivity contribution in [1.82, 2.24) is 0 Å². The number of nitrogens with one attached hydrogen (secondary N) is 2. The number of sulfonamides is 1. The van der Waals surface area contributed by atoms with Gasteiger partial charge in [-0.25, -0.2) is 8.42 Å². The van der Waals surface area contributed by atoms with Crippen LogP contribution in [-0.4, -0.2) is 14.3 Å². The van der Waals surface area contributed by atoms with Crippen molar-refractivity contribution in [2.45, 2.75) is 11.8 Å². The zero-order valence-electron chi connectivity index (χ0n) is 14.7. The summed E-state index contributed by atoms with van der Waals surface area (Å²) in [5.41, 5.74) is 1.91. The van der Waals surface area contributed by atoms with E-state index in [-0.39, 0.29) is 15.5 Å². The van der Waals surface area contributed by atoms with Crippen LogP contribution in [0.15, 0.2) is 71.6 Å². The number of aryl methyl sites for hydroxylation is 1. The number of amides is 1. The largest absolute Gasteiger partial charge is 0.322 e. The smallest absolute Gasteiger partial charge is 0.261 e. The summed E-state index contributed by atoms with van der Waals surface area (Å²) < 4.78 is 27.8. The van der Waals surface area contributed by atoms with Crippen LogP contribution in [0.3, 0.4) is 0 Å². The third-order valence-electron chi connectivity index (χ3n) is 3.98. The third-order valence-corrected chi connectivity index (χ3v) is 5.94. The van der Waals surface area contributed by atoms with E-state index in [2.05, 4.69) is 10.0 Å². The van der Waals surface area contributed by atoms with Gasteiger partial charge in [0.25, 0.3) is 15.9 Å². The Bertz CT molecular complexity index is 1130. The number of halogens is 2. The van der Waals surface area contributed by atoms with Crippen molar-refractivity contribution >= 4 is 50.5 Å². The molecule has 0 unspecified atom stereocenters. The number of hydrogen-bond acceptors (Lipinski definition) is 3. The highest BCUT2D eigenvalue weighted by atomic mass is 35.5. The molecule has 0 saturated heterocycles. The first-order chi connectivity index (χ1) is 13.3. The molecule has 1 amide bonds. The van der Waals surface area contributed by atoms with Crippen molar-refractivity contribution in [3.63, 3.8) is 0 Å². The number of para-hydroxylation sites is 1. The van der Waals surface area contributed by atoms with Gasteiger partial charge in [0.05, 0.1) is 15.5 Å². The molecule has 28 heavy (non-hydrogen) atoms. The Morgan fingerprint density at radius 3 is 2.29 bits per heavy atom. The molecular weight excluding hydrogens is 419 g/mol. The van der Waals surface area contributed by atoms with Crippen molar-refractivity contribution < 1.29 is 13.2 Å². The van der Waals surface area contributed by atoms with Crippen LogP contribution >= 0.6 is 23.2 Å². The Morgan fingerprint density at radius 1 is 0.929 bits per heavy atom. The molecule has 0 saturated carbocycles. The number of benzene rings is 3. The van der Waals surface area contributed by atoms with Crippen LogP contribution in [0.2, 0.25) is 10.0 Å². The van der Waals surface area contributed by atoms with E-state index in [0.717, 1.165) is 5.56 Å². The second kappa shape index (κ2) is 8.22. The summed E-state index contributed by atoms with van der Waals surface area (Å²) in [6, 6.07) is 17.4. The minimum absolute atomic E-state index is 0.0592. The molecule has 8 heteroatoms. The van der Waals surface area contributed by atoms with E-state index in [1.165, 1.54) is 18.2 Å². The lowest BCUT2D eigenvalue weighted by Gasteiger charge is -2.12. The molecule has 0 radical (unpaired) electrons. The highest BCUT2D eigenvalue weighted by Gasteiger charge is 2.19. The fraction of sp³-hybridized carbons (Fsp3) is 0.0500. The monoisotopic (exact) mass is 434 g/mol. The van der Waals surface area contributed by atoms with Crippen molar-refractivity contribution in [3.8, 4) is 0 Å². The van der Waals surface area contributed by atoms with Crippen molar-refractivity contribution in [2.75, 3.05) is 10.0 Å². The Hall–Kier alpha value is -2.54. The predicted molar refractivity (Wildman–Crippen MR) is 113 cm³/mol. The predicted octanol–water partition coefficient (Wildman–Crippen LogP) is 5.35. The molecule has 144 valence electrons. The van der Waals surface area contributed by atoms with E-state index in [9.17, 15) is 13.2 Å². The van der Waals surface area contributed by atoms with Gasteiger partial charge in [-0.3, -0.25) is 9.52 Å². The highest BCUT2D eigenvalue weighted by Crippen LogP contribution is 2.24. The third kappa shape index (κ3) is 4.65. The van der Waals surface area contributed by atoms with Gasteiger partial charge in [-0.15, -0.1) is 0 Å². The maximum absolute atomic E-state index is 12.7. The zero-order valence-corrected chi connectivity index (χ0v) is 17.1. The maximum atomic E-state index is 12.7. The second-order valence-electron chi connectivity index (χ2n) is 6.02. The molecule has 0 heterocycles. The first-order valence-electron chi connectivity index (χ1n) is 8.21. The van der Waals surface area contributed by atoms with E-state index in [4.69, 9.17) is 23.2 Å². The summed E-state index contributed by atoms with van der Waals surface area (Å²) in [6.07, 6.45) is 0. The van der Waals surface area contributed by atoms with Crippen LogP contribution in [0.1, 0.15) is 15.9 Å². The molecule has 3 aromatic rings. The van der Waals surface area contributed by atoms with Crippen LogP contribution in [-0.2, 0) is 10.0 Å². The van der Waals surface area contributed by atoms with E-state index >= 15 is 0 Å². The van der Waals surface area contributed by atoms with E-state index < -0.39 is 15.9 Å².